The van der Waals surface area contributed by atoms with Crippen molar-refractivity contribution in [2.75, 3.05) is 6.61 Å². The van der Waals surface area contributed by atoms with Gasteiger partial charge in [-0.25, -0.2) is 4.79 Å². The third kappa shape index (κ3) is 3.57. The van der Waals surface area contributed by atoms with Crippen molar-refractivity contribution in [3.8, 4) is 0 Å². The van der Waals surface area contributed by atoms with Crippen LogP contribution in [-0.2, 0) is 14.3 Å². The molecule has 2 aliphatic carbocycles. The molecular formula is C25H38O5. The molecule has 5 nitrogen and oxygen atoms in total. The van der Waals surface area contributed by atoms with Crippen molar-refractivity contribution in [3.05, 3.63) is 23.3 Å². The molecule has 2 aliphatic heterocycles. The number of hydrogen-bond acceptors (Lipinski definition) is 5. The second-order valence-corrected chi connectivity index (χ2v) is 11.2. The lowest BCUT2D eigenvalue weighted by molar-refractivity contribution is -0.181. The number of allylic oxidation sites excluding steroid dienone is 1. The fourth-order valence-electron chi connectivity index (χ4n) is 7.57. The highest BCUT2D eigenvalue weighted by atomic mass is 16.6. The molecule has 0 aromatic rings. The molecule has 2 N–H and O–H groups in total. The van der Waals surface area contributed by atoms with E-state index in [9.17, 15) is 15.0 Å². The van der Waals surface area contributed by atoms with E-state index in [4.69, 9.17) is 9.47 Å². The second-order valence-electron chi connectivity index (χ2n) is 11.2. The number of esters is 1. The predicted molar refractivity (Wildman–Crippen MR) is 115 cm³/mol. The molecule has 4 aliphatic rings. The Morgan fingerprint density at radius 1 is 1.33 bits per heavy atom. The highest BCUT2D eigenvalue weighted by Crippen LogP contribution is 2.66. The largest absolute Gasteiger partial charge is 0.452 e. The van der Waals surface area contributed by atoms with Gasteiger partial charge in [-0.05, 0) is 74.7 Å². The quantitative estimate of drug-likeness (QED) is 0.523. The molecule has 0 spiro atoms. The highest BCUT2D eigenvalue weighted by Gasteiger charge is 2.65. The Hall–Kier alpha value is -1.17. The first-order valence-corrected chi connectivity index (χ1v) is 11.5. The van der Waals surface area contributed by atoms with Crippen LogP contribution in [0.4, 0.5) is 0 Å². The van der Waals surface area contributed by atoms with E-state index in [-0.39, 0.29) is 28.8 Å². The number of cyclic esters (lactones) is 1. The number of hydrogen-bond donors (Lipinski definition) is 2. The maximum absolute atomic E-state index is 11.5. The van der Waals surface area contributed by atoms with E-state index in [2.05, 4.69) is 13.8 Å². The third-order valence-corrected chi connectivity index (χ3v) is 8.72. The number of carbonyl (C=O) groups excluding carboxylic acids is 1. The van der Waals surface area contributed by atoms with Gasteiger partial charge < -0.3 is 19.7 Å². The molecule has 0 aromatic heterocycles. The molecular weight excluding hydrogens is 380 g/mol. The summed E-state index contributed by atoms with van der Waals surface area (Å²) < 4.78 is 11.4. The summed E-state index contributed by atoms with van der Waals surface area (Å²) in [4.78, 5) is 11.4. The smallest absolute Gasteiger partial charge is 0.331 e. The average molecular weight is 419 g/mol. The molecule has 2 heterocycles. The van der Waals surface area contributed by atoms with Gasteiger partial charge in [0.1, 0.15) is 6.10 Å². The first-order valence-electron chi connectivity index (χ1n) is 11.5. The Labute approximate surface area is 180 Å². The van der Waals surface area contributed by atoms with Crippen LogP contribution in [0.2, 0.25) is 0 Å². The summed E-state index contributed by atoms with van der Waals surface area (Å²) in [5.74, 6) is 0.311. The Morgan fingerprint density at radius 2 is 2.07 bits per heavy atom. The Morgan fingerprint density at radius 3 is 2.73 bits per heavy atom. The average Bonchev–Trinajstić information content (AvgIpc) is 3.13. The molecule has 8 atom stereocenters. The lowest BCUT2D eigenvalue weighted by atomic mass is 9.45. The van der Waals surface area contributed by atoms with Crippen LogP contribution < -0.4 is 0 Å². The lowest BCUT2D eigenvalue weighted by Crippen LogP contribution is -2.60. The van der Waals surface area contributed by atoms with Crippen LogP contribution in [0.25, 0.3) is 0 Å². The Kier molecular flexibility index (Phi) is 5.48. The van der Waals surface area contributed by atoms with Gasteiger partial charge in [-0.2, -0.15) is 0 Å². The van der Waals surface area contributed by atoms with E-state index < -0.39 is 17.8 Å². The van der Waals surface area contributed by atoms with E-state index in [0.717, 1.165) is 37.0 Å². The zero-order valence-electron chi connectivity index (χ0n) is 19.1. The fraction of sp³-hybridized carbons (Fsp3) is 0.800. The summed E-state index contributed by atoms with van der Waals surface area (Å²) in [6.45, 7) is 11.4. The molecule has 5 heteroatoms. The molecule has 0 bridgehead atoms. The Bertz CT molecular complexity index is 768. The minimum Gasteiger partial charge on any atom is -0.452 e. The van der Waals surface area contributed by atoms with Crippen LogP contribution in [0.3, 0.4) is 0 Å². The van der Waals surface area contributed by atoms with Crippen LogP contribution in [0.1, 0.15) is 73.1 Å². The first-order chi connectivity index (χ1) is 14.0. The van der Waals surface area contributed by atoms with Gasteiger partial charge in [0, 0.05) is 12.5 Å². The van der Waals surface area contributed by atoms with Crippen LogP contribution in [-0.4, -0.2) is 46.7 Å². The van der Waals surface area contributed by atoms with Crippen LogP contribution >= 0.6 is 0 Å². The molecule has 2 saturated carbocycles. The molecule has 168 valence electrons. The predicted octanol–water partition coefficient (Wildman–Crippen LogP) is 3.93. The van der Waals surface area contributed by atoms with Gasteiger partial charge in [0.2, 0.25) is 0 Å². The summed E-state index contributed by atoms with van der Waals surface area (Å²) in [7, 11) is 0. The van der Waals surface area contributed by atoms with Crippen molar-refractivity contribution in [2.24, 2.45) is 22.7 Å². The molecule has 1 saturated heterocycles. The van der Waals surface area contributed by atoms with Gasteiger partial charge in [-0.3, -0.25) is 0 Å². The van der Waals surface area contributed by atoms with Crippen molar-refractivity contribution < 1.29 is 24.5 Å². The van der Waals surface area contributed by atoms with E-state index >= 15 is 0 Å². The molecule has 4 rings (SSSR count). The number of rotatable bonds is 5. The topological polar surface area (TPSA) is 76.0 Å². The SMILES string of the molecule is CC(=CC(O)C1OC(=O)C=C1C)CCC1C(C)(O)CC2OCC3(C)CCCC1(C)C23. The summed E-state index contributed by atoms with van der Waals surface area (Å²) >= 11 is 0. The minimum atomic E-state index is -0.833. The second kappa shape index (κ2) is 7.46. The summed E-state index contributed by atoms with van der Waals surface area (Å²) in [6.07, 6.45) is 7.96. The fourth-order valence-corrected chi connectivity index (χ4v) is 7.57. The number of aliphatic hydroxyl groups excluding tert-OH is 1. The van der Waals surface area contributed by atoms with E-state index in [1.807, 2.05) is 26.8 Å². The van der Waals surface area contributed by atoms with Crippen molar-refractivity contribution >= 4 is 5.97 Å². The van der Waals surface area contributed by atoms with Gasteiger partial charge in [-0.15, -0.1) is 0 Å². The number of ether oxygens (including phenoxy) is 2. The van der Waals surface area contributed by atoms with Gasteiger partial charge in [-0.1, -0.05) is 31.9 Å². The monoisotopic (exact) mass is 418 g/mol. The molecule has 0 aromatic carbocycles. The maximum atomic E-state index is 11.5. The summed E-state index contributed by atoms with van der Waals surface area (Å²) in [5.41, 5.74) is 1.37. The highest BCUT2D eigenvalue weighted by molar-refractivity contribution is 5.85. The van der Waals surface area contributed by atoms with Crippen LogP contribution in [0, 0.1) is 22.7 Å². The van der Waals surface area contributed by atoms with Gasteiger partial charge in [0.25, 0.3) is 0 Å². The van der Waals surface area contributed by atoms with Crippen molar-refractivity contribution in [1.29, 1.82) is 0 Å². The molecule has 0 amide bonds. The molecule has 0 radical (unpaired) electrons. The summed E-state index contributed by atoms with van der Waals surface area (Å²) in [6, 6.07) is 0. The Balaban J connectivity index is 1.49. The summed E-state index contributed by atoms with van der Waals surface area (Å²) in [5, 5.41) is 22.0. The van der Waals surface area contributed by atoms with Crippen molar-refractivity contribution in [2.45, 2.75) is 97.1 Å². The van der Waals surface area contributed by atoms with E-state index in [0.29, 0.717) is 12.3 Å². The zero-order chi connectivity index (χ0) is 21.9. The van der Waals surface area contributed by atoms with Crippen molar-refractivity contribution in [3.63, 3.8) is 0 Å². The van der Waals surface area contributed by atoms with E-state index in [1.165, 1.54) is 18.9 Å². The lowest BCUT2D eigenvalue weighted by Gasteiger charge is -2.60. The normalized spacial score (nSPS) is 47.0. The first kappa shape index (κ1) is 22.0. The van der Waals surface area contributed by atoms with Gasteiger partial charge in [0.15, 0.2) is 6.10 Å². The standard InChI is InChI=1S/C25H38O5/c1-15(11-17(26)21-16(2)12-20(27)30-21)7-8-19-24(4)10-6-9-23(3)14-29-18(22(23)24)13-25(19,5)28/h11-12,17-19,21-22,26,28H,6-10,13-14H2,1-5H3. The molecule has 30 heavy (non-hydrogen) atoms. The molecule has 3 fully saturated rings. The number of aliphatic hydroxyl groups is 2. The van der Waals surface area contributed by atoms with Crippen LogP contribution in [0.5, 0.6) is 0 Å². The maximum Gasteiger partial charge on any atom is 0.331 e. The molecule has 8 unspecified atom stereocenters. The van der Waals surface area contributed by atoms with E-state index in [1.54, 1.807) is 0 Å². The van der Waals surface area contributed by atoms with Gasteiger partial charge in [0.05, 0.1) is 18.3 Å². The third-order valence-electron chi connectivity index (χ3n) is 8.72. The zero-order valence-corrected chi connectivity index (χ0v) is 19.1. The van der Waals surface area contributed by atoms with Crippen LogP contribution in [0.15, 0.2) is 23.3 Å². The number of carbonyl (C=O) groups is 1. The minimum absolute atomic E-state index is 0.0646. The van der Waals surface area contributed by atoms with Crippen molar-refractivity contribution in [1.82, 2.24) is 0 Å². The van der Waals surface area contributed by atoms with Gasteiger partial charge >= 0.3 is 5.97 Å².